The fourth-order valence-electron chi connectivity index (χ4n) is 8.88. The minimum atomic E-state index is 0.867. The molecule has 0 aliphatic carbocycles. The van der Waals surface area contributed by atoms with Crippen molar-refractivity contribution in [1.29, 1.82) is 0 Å². The van der Waals surface area contributed by atoms with Crippen molar-refractivity contribution in [3.63, 3.8) is 0 Å². The van der Waals surface area contributed by atoms with Gasteiger partial charge in [-0.25, -0.2) is 4.99 Å². The summed E-state index contributed by atoms with van der Waals surface area (Å²) in [4.78, 5) is 5.30. The number of allylic oxidation sites excluding steroid dienone is 1. The molecule has 0 heterocycles. The van der Waals surface area contributed by atoms with Crippen LogP contribution in [0.1, 0.15) is 16.7 Å². The van der Waals surface area contributed by atoms with Gasteiger partial charge in [-0.2, -0.15) is 0 Å². The predicted octanol–water partition coefficient (Wildman–Crippen LogP) is 15.0. The van der Waals surface area contributed by atoms with Crippen LogP contribution >= 0.6 is 0 Å². The normalized spacial score (nSPS) is 12.3. The van der Waals surface area contributed by atoms with Crippen molar-refractivity contribution in [2.45, 2.75) is 6.92 Å². The van der Waals surface area contributed by atoms with E-state index in [1.807, 2.05) is 0 Å². The Hall–Kier alpha value is -7.09. The monoisotopic (exact) mass is 697 g/mol. The van der Waals surface area contributed by atoms with Gasteiger partial charge in [-0.3, -0.25) is 0 Å². The van der Waals surface area contributed by atoms with E-state index < -0.39 is 0 Å². The molecule has 0 atom stereocenters. The van der Waals surface area contributed by atoms with Crippen LogP contribution in [-0.4, -0.2) is 5.71 Å². The summed E-state index contributed by atoms with van der Waals surface area (Å²) in [6, 6.07) is 66.3. The largest absolute Gasteiger partial charge is 0.248 e. The van der Waals surface area contributed by atoms with E-state index in [1.165, 1.54) is 86.9 Å². The lowest BCUT2D eigenvalue weighted by atomic mass is 9.88. The molecule has 55 heavy (non-hydrogen) atoms. The van der Waals surface area contributed by atoms with Crippen LogP contribution in [0.4, 0.5) is 5.69 Å². The third kappa shape index (κ3) is 4.97. The van der Waals surface area contributed by atoms with Crippen molar-refractivity contribution >= 4 is 81.6 Å². The minimum Gasteiger partial charge on any atom is -0.248 e. The number of hydrogen-bond acceptors (Lipinski definition) is 1. The maximum absolute atomic E-state index is 5.30. The molecule has 0 bridgehead atoms. The molecule has 0 aliphatic rings. The number of hydrogen-bond donors (Lipinski definition) is 0. The quantitative estimate of drug-likeness (QED) is 0.121. The molecule has 11 rings (SSSR count). The van der Waals surface area contributed by atoms with Crippen LogP contribution in [0.15, 0.2) is 194 Å². The van der Waals surface area contributed by atoms with Gasteiger partial charge in [0.1, 0.15) is 0 Å². The maximum atomic E-state index is 5.30. The molecule has 0 saturated heterocycles. The Bertz CT molecular complexity index is 3280. The summed E-state index contributed by atoms with van der Waals surface area (Å²) in [5.41, 5.74) is 10.7. The average molecular weight is 698 g/mol. The van der Waals surface area contributed by atoms with Crippen LogP contribution in [0.25, 0.3) is 92.5 Å². The Balaban J connectivity index is 0.983. The van der Waals surface area contributed by atoms with Crippen LogP contribution < -0.4 is 0 Å². The lowest BCUT2D eigenvalue weighted by molar-refractivity contribution is 1.39. The second kappa shape index (κ2) is 12.2. The van der Waals surface area contributed by atoms with Gasteiger partial charge in [0.25, 0.3) is 0 Å². The molecule has 256 valence electrons. The first-order chi connectivity index (χ1) is 27.1. The zero-order valence-electron chi connectivity index (χ0n) is 30.5. The second-order valence-corrected chi connectivity index (χ2v) is 14.8. The Labute approximate surface area is 319 Å². The van der Waals surface area contributed by atoms with Crippen LogP contribution in [0.3, 0.4) is 0 Å². The summed E-state index contributed by atoms with van der Waals surface area (Å²) >= 11 is 0. The molecule has 0 unspecified atom stereocenters. The fourth-order valence-corrected chi connectivity index (χ4v) is 8.88. The van der Waals surface area contributed by atoms with E-state index in [0.29, 0.717) is 0 Å². The second-order valence-electron chi connectivity index (χ2n) is 14.8. The van der Waals surface area contributed by atoms with Crippen molar-refractivity contribution in [2.75, 3.05) is 0 Å². The van der Waals surface area contributed by atoms with Crippen molar-refractivity contribution in [3.8, 4) is 22.3 Å². The molecule has 0 N–H and O–H groups in total. The molecule has 0 aromatic heterocycles. The summed E-state index contributed by atoms with van der Waals surface area (Å²) in [5, 5.41) is 15.6. The van der Waals surface area contributed by atoms with Gasteiger partial charge in [-0.15, -0.1) is 0 Å². The Morgan fingerprint density at radius 3 is 1.29 bits per heavy atom. The first-order valence-corrected chi connectivity index (χ1v) is 19.0. The lowest BCUT2D eigenvalue weighted by Gasteiger charge is -2.16. The lowest BCUT2D eigenvalue weighted by Crippen LogP contribution is -2.04. The third-order valence-electron chi connectivity index (χ3n) is 11.7. The van der Waals surface area contributed by atoms with Gasteiger partial charge in [0.15, 0.2) is 0 Å². The Morgan fingerprint density at radius 2 is 0.800 bits per heavy atom. The summed E-state index contributed by atoms with van der Waals surface area (Å²) in [5.74, 6) is 0. The molecule has 0 fully saturated rings. The molecule has 0 spiro atoms. The van der Waals surface area contributed by atoms with Gasteiger partial charge in [0.2, 0.25) is 0 Å². The summed E-state index contributed by atoms with van der Waals surface area (Å²) in [6.45, 7) is 6.79. The Kier molecular flexibility index (Phi) is 6.99. The highest BCUT2D eigenvalue weighted by Gasteiger charge is 2.17. The molecule has 11 aromatic carbocycles. The topological polar surface area (TPSA) is 12.4 Å². The van der Waals surface area contributed by atoms with Crippen molar-refractivity contribution in [3.05, 3.63) is 205 Å². The fraction of sp³-hybridized carbons (Fsp3) is 0.0185. The molecule has 0 saturated carbocycles. The van der Waals surface area contributed by atoms with E-state index in [1.54, 1.807) is 0 Å². The van der Waals surface area contributed by atoms with Crippen molar-refractivity contribution in [2.24, 2.45) is 4.99 Å². The molecule has 11 aromatic rings. The third-order valence-corrected chi connectivity index (χ3v) is 11.7. The summed E-state index contributed by atoms with van der Waals surface area (Å²) < 4.78 is 0. The van der Waals surface area contributed by atoms with Gasteiger partial charge in [0, 0.05) is 11.1 Å². The van der Waals surface area contributed by atoms with E-state index in [0.717, 1.165) is 33.7 Å². The highest BCUT2D eigenvalue weighted by Crippen LogP contribution is 2.41. The van der Waals surface area contributed by atoms with Gasteiger partial charge in [-0.05, 0) is 111 Å². The zero-order chi connectivity index (χ0) is 36.6. The van der Waals surface area contributed by atoms with Crippen LogP contribution in [-0.2, 0) is 0 Å². The molecule has 1 heteroatoms. The van der Waals surface area contributed by atoms with Crippen LogP contribution in [0.5, 0.6) is 0 Å². The van der Waals surface area contributed by atoms with Crippen LogP contribution in [0, 0.1) is 6.92 Å². The first-order valence-electron chi connectivity index (χ1n) is 19.0. The predicted molar refractivity (Wildman–Crippen MR) is 238 cm³/mol. The minimum absolute atomic E-state index is 0.867. The van der Waals surface area contributed by atoms with Crippen molar-refractivity contribution in [1.82, 2.24) is 0 Å². The number of nitrogens with zero attached hydrogens (tertiary/aromatic N) is 1. The zero-order valence-corrected chi connectivity index (χ0v) is 30.5. The first kappa shape index (κ1) is 31.4. The van der Waals surface area contributed by atoms with E-state index in [4.69, 9.17) is 4.99 Å². The highest BCUT2D eigenvalue weighted by atomic mass is 14.8. The number of aryl methyl sites for hydroxylation is 1. The van der Waals surface area contributed by atoms with E-state index in [2.05, 4.69) is 195 Å². The highest BCUT2D eigenvalue weighted by molar-refractivity contribution is 6.32. The molecular weight excluding hydrogens is 663 g/mol. The smallest absolute Gasteiger partial charge is 0.0781 e. The molecule has 0 radical (unpaired) electrons. The Morgan fingerprint density at radius 1 is 0.382 bits per heavy atom. The molecule has 0 amide bonds. The van der Waals surface area contributed by atoms with Crippen molar-refractivity contribution < 1.29 is 0 Å². The average Bonchev–Trinajstić information content (AvgIpc) is 3.24. The number of benzene rings is 11. The van der Waals surface area contributed by atoms with Gasteiger partial charge >= 0.3 is 0 Å². The van der Waals surface area contributed by atoms with Gasteiger partial charge in [-0.1, -0.05) is 183 Å². The van der Waals surface area contributed by atoms with E-state index in [-0.39, 0.29) is 0 Å². The molecule has 0 aliphatic heterocycles. The van der Waals surface area contributed by atoms with Crippen LogP contribution in [0.2, 0.25) is 0 Å². The number of para-hydroxylation sites is 1. The SMILES string of the molecule is C=C(C(=Nc1ccccc1C)c1ccc(-c2ccc3ccc4cccc5ccc2c3c45)cc1)c1ccc(-c2ccc3ccc4cccc5ccc2c3c45)cc1. The standard InChI is InChI=1S/C54H35N/c1-33-7-3-4-12-49(33)55-54(44-23-17-37(18-24-44)46-30-26-43-22-20-39-9-6-11-41-28-32-48(46)53(43)51(39)41)34(2)35-13-15-36(16-14-35)45-29-25-42-21-19-38-8-5-10-40-27-31-47(45)52(42)50(38)40/h3-32H,2H2,1H3. The summed E-state index contributed by atoms with van der Waals surface area (Å²) in [6.07, 6.45) is 0. The molecular formula is C54H35N. The number of aliphatic imine (C=N–C) groups is 1. The van der Waals surface area contributed by atoms with Gasteiger partial charge in [0.05, 0.1) is 11.4 Å². The van der Waals surface area contributed by atoms with Gasteiger partial charge < -0.3 is 0 Å². The summed E-state index contributed by atoms with van der Waals surface area (Å²) in [7, 11) is 0. The van der Waals surface area contributed by atoms with E-state index >= 15 is 0 Å². The number of rotatable bonds is 6. The molecule has 1 nitrogen and oxygen atoms in total. The van der Waals surface area contributed by atoms with E-state index in [9.17, 15) is 0 Å². The maximum Gasteiger partial charge on any atom is 0.0781 e.